The highest BCUT2D eigenvalue weighted by molar-refractivity contribution is 5.87. The minimum absolute atomic E-state index is 0.149. The van der Waals surface area contributed by atoms with E-state index in [1.165, 1.54) is 12.1 Å². The van der Waals surface area contributed by atoms with E-state index in [1.54, 1.807) is 26.0 Å². The molecule has 120 valence electrons. The second kappa shape index (κ2) is 7.51. The van der Waals surface area contributed by atoms with Crippen LogP contribution in [0.25, 0.3) is 6.08 Å². The molecule has 2 atom stereocenters. The lowest BCUT2D eigenvalue weighted by molar-refractivity contribution is -0.137. The number of aryl methyl sites for hydroxylation is 1. The molecule has 0 radical (unpaired) electrons. The zero-order chi connectivity index (χ0) is 16.1. The second-order valence-corrected chi connectivity index (χ2v) is 5.25. The van der Waals surface area contributed by atoms with Gasteiger partial charge in [-0.25, -0.2) is 9.18 Å². The van der Waals surface area contributed by atoms with Crippen molar-refractivity contribution >= 4 is 12.0 Å². The highest BCUT2D eigenvalue weighted by Crippen LogP contribution is 2.26. The van der Waals surface area contributed by atoms with E-state index in [4.69, 9.17) is 14.2 Å². The fraction of sp³-hybridized carbons (Fsp3) is 0.471. The van der Waals surface area contributed by atoms with Gasteiger partial charge in [-0.3, -0.25) is 0 Å². The van der Waals surface area contributed by atoms with Crippen LogP contribution in [0.15, 0.2) is 18.2 Å². The zero-order valence-electron chi connectivity index (χ0n) is 13.1. The number of carbonyl (C=O) groups excluding carboxylic acids is 1. The van der Waals surface area contributed by atoms with Crippen LogP contribution in [0.5, 0.6) is 0 Å². The fourth-order valence-electron chi connectivity index (χ4n) is 2.07. The molecule has 1 saturated heterocycles. The lowest BCUT2D eigenvalue weighted by Gasteiger charge is -2.16. The predicted molar refractivity (Wildman–Crippen MR) is 80.9 cm³/mol. The summed E-state index contributed by atoms with van der Waals surface area (Å²) < 4.78 is 29.5. The number of ether oxygens (including phenoxy) is 3. The number of carbonyl (C=O) groups is 1. The van der Waals surface area contributed by atoms with Crippen LogP contribution in [0.2, 0.25) is 0 Å². The molecule has 0 N–H and O–H groups in total. The highest BCUT2D eigenvalue weighted by Gasteiger charge is 2.24. The van der Waals surface area contributed by atoms with Gasteiger partial charge >= 0.3 is 5.97 Å². The Morgan fingerprint density at radius 2 is 2.27 bits per heavy atom. The van der Waals surface area contributed by atoms with Crippen molar-refractivity contribution in [3.05, 3.63) is 40.7 Å². The van der Waals surface area contributed by atoms with Gasteiger partial charge in [-0.05, 0) is 55.7 Å². The molecule has 1 aromatic carbocycles. The minimum atomic E-state index is -0.421. The van der Waals surface area contributed by atoms with E-state index in [-0.39, 0.29) is 18.0 Å². The molecule has 0 aromatic heterocycles. The Bertz CT molecular complexity index is 564. The molecule has 0 bridgehead atoms. The summed E-state index contributed by atoms with van der Waals surface area (Å²) in [5.41, 5.74) is 1.96. The SMILES string of the molecule is CCOC(=O)/C=C/c1cc(C)c(F)cc1[C@@H](C)OC[C@H]1CO1. The first-order valence-electron chi connectivity index (χ1n) is 7.39. The van der Waals surface area contributed by atoms with Crippen LogP contribution >= 0.6 is 0 Å². The molecular weight excluding hydrogens is 287 g/mol. The normalized spacial score (nSPS) is 18.5. The maximum absolute atomic E-state index is 13.9. The van der Waals surface area contributed by atoms with Crippen LogP contribution in [0.4, 0.5) is 4.39 Å². The molecule has 0 saturated carbocycles. The van der Waals surface area contributed by atoms with Gasteiger partial charge in [0.1, 0.15) is 11.9 Å². The van der Waals surface area contributed by atoms with Gasteiger partial charge in [0.25, 0.3) is 0 Å². The van der Waals surface area contributed by atoms with Gasteiger partial charge in [-0.1, -0.05) is 0 Å². The maximum atomic E-state index is 13.9. The van der Waals surface area contributed by atoms with Crippen LogP contribution in [-0.2, 0) is 19.0 Å². The number of hydrogen-bond donors (Lipinski definition) is 0. The highest BCUT2D eigenvalue weighted by atomic mass is 19.1. The first kappa shape index (κ1) is 16.6. The average Bonchev–Trinajstić information content (AvgIpc) is 3.30. The summed E-state index contributed by atoms with van der Waals surface area (Å²) in [6, 6.07) is 3.16. The molecule has 0 spiro atoms. The average molecular weight is 308 g/mol. The summed E-state index contributed by atoms with van der Waals surface area (Å²) in [5, 5.41) is 0. The van der Waals surface area contributed by atoms with E-state index >= 15 is 0 Å². The van der Waals surface area contributed by atoms with Crippen LogP contribution in [0.3, 0.4) is 0 Å². The molecule has 1 aliphatic rings. The molecule has 1 aliphatic heterocycles. The summed E-state index contributed by atoms with van der Waals surface area (Å²) in [6.07, 6.45) is 2.83. The molecule has 22 heavy (non-hydrogen) atoms. The van der Waals surface area contributed by atoms with Crippen molar-refractivity contribution in [2.24, 2.45) is 0 Å². The van der Waals surface area contributed by atoms with Crippen LogP contribution < -0.4 is 0 Å². The van der Waals surface area contributed by atoms with Gasteiger partial charge in [0.15, 0.2) is 0 Å². The van der Waals surface area contributed by atoms with Crippen LogP contribution in [-0.4, -0.2) is 31.9 Å². The van der Waals surface area contributed by atoms with E-state index in [2.05, 4.69) is 0 Å². The zero-order valence-corrected chi connectivity index (χ0v) is 13.1. The number of hydrogen-bond acceptors (Lipinski definition) is 4. The topological polar surface area (TPSA) is 48.1 Å². The molecule has 1 heterocycles. The predicted octanol–water partition coefficient (Wildman–Crippen LogP) is 3.19. The Balaban J connectivity index is 2.17. The summed E-state index contributed by atoms with van der Waals surface area (Å²) >= 11 is 0. The van der Waals surface area contributed by atoms with Crippen LogP contribution in [0, 0.1) is 12.7 Å². The van der Waals surface area contributed by atoms with Crippen LogP contribution in [0.1, 0.15) is 36.6 Å². The molecule has 1 aromatic rings. The monoisotopic (exact) mass is 308 g/mol. The lowest BCUT2D eigenvalue weighted by atomic mass is 9.99. The van der Waals surface area contributed by atoms with E-state index in [0.29, 0.717) is 30.9 Å². The van der Waals surface area contributed by atoms with E-state index in [9.17, 15) is 9.18 Å². The largest absolute Gasteiger partial charge is 0.463 e. The number of halogens is 1. The first-order chi connectivity index (χ1) is 10.5. The van der Waals surface area contributed by atoms with Gasteiger partial charge in [0, 0.05) is 6.08 Å². The van der Waals surface area contributed by atoms with Gasteiger partial charge < -0.3 is 14.2 Å². The Morgan fingerprint density at radius 1 is 1.55 bits per heavy atom. The van der Waals surface area contributed by atoms with Crippen molar-refractivity contribution in [1.29, 1.82) is 0 Å². The van der Waals surface area contributed by atoms with Crippen molar-refractivity contribution in [2.75, 3.05) is 19.8 Å². The van der Waals surface area contributed by atoms with Crippen molar-refractivity contribution in [2.45, 2.75) is 33.0 Å². The molecular formula is C17H21FO4. The third-order valence-electron chi connectivity index (χ3n) is 3.42. The van der Waals surface area contributed by atoms with E-state index in [1.807, 2.05) is 6.92 Å². The Morgan fingerprint density at radius 3 is 2.91 bits per heavy atom. The fourth-order valence-corrected chi connectivity index (χ4v) is 2.07. The van der Waals surface area contributed by atoms with E-state index < -0.39 is 5.97 Å². The molecule has 4 nitrogen and oxygen atoms in total. The summed E-state index contributed by atoms with van der Waals surface area (Å²) in [5.74, 6) is -0.711. The number of rotatable bonds is 7. The second-order valence-electron chi connectivity index (χ2n) is 5.25. The van der Waals surface area contributed by atoms with E-state index in [0.717, 1.165) is 5.56 Å². The lowest BCUT2D eigenvalue weighted by Crippen LogP contribution is -2.08. The molecule has 1 fully saturated rings. The number of benzene rings is 1. The van der Waals surface area contributed by atoms with Gasteiger partial charge in [0.05, 0.1) is 25.9 Å². The Labute approximate surface area is 129 Å². The van der Waals surface area contributed by atoms with Crippen molar-refractivity contribution < 1.29 is 23.4 Å². The van der Waals surface area contributed by atoms with Crippen molar-refractivity contribution in [1.82, 2.24) is 0 Å². The Kier molecular flexibility index (Phi) is 5.69. The summed E-state index contributed by atoms with van der Waals surface area (Å²) in [6.45, 7) is 6.80. The molecule has 0 aliphatic carbocycles. The smallest absolute Gasteiger partial charge is 0.330 e. The molecule has 0 unspecified atom stereocenters. The third kappa shape index (κ3) is 4.64. The standard InChI is InChI=1S/C17H21FO4/c1-4-20-17(19)6-5-13-7-11(2)16(18)8-15(13)12(3)21-9-14-10-22-14/h5-8,12,14H,4,9-10H2,1-3H3/b6-5+/t12-,14+/m1/s1. The molecule has 0 amide bonds. The summed E-state index contributed by atoms with van der Waals surface area (Å²) in [7, 11) is 0. The molecule has 5 heteroatoms. The molecule has 2 rings (SSSR count). The minimum Gasteiger partial charge on any atom is -0.463 e. The van der Waals surface area contributed by atoms with Gasteiger partial charge in [-0.2, -0.15) is 0 Å². The number of epoxide rings is 1. The summed E-state index contributed by atoms with van der Waals surface area (Å²) in [4.78, 5) is 11.4. The van der Waals surface area contributed by atoms with Gasteiger partial charge in [0.2, 0.25) is 0 Å². The van der Waals surface area contributed by atoms with Crippen molar-refractivity contribution in [3.8, 4) is 0 Å². The third-order valence-corrected chi connectivity index (χ3v) is 3.42. The maximum Gasteiger partial charge on any atom is 0.330 e. The first-order valence-corrected chi connectivity index (χ1v) is 7.39. The quantitative estimate of drug-likeness (QED) is 0.441. The van der Waals surface area contributed by atoms with Crippen molar-refractivity contribution in [3.63, 3.8) is 0 Å². The van der Waals surface area contributed by atoms with Gasteiger partial charge in [-0.15, -0.1) is 0 Å². The number of esters is 1. The Hall–Kier alpha value is -1.72.